The van der Waals surface area contributed by atoms with Gasteiger partial charge in [-0.1, -0.05) is 43.3 Å². The number of carbonyl (C=O) groups excluding carboxylic acids is 1. The minimum absolute atomic E-state index is 0.0961. The zero-order valence-electron chi connectivity index (χ0n) is 19.7. The summed E-state index contributed by atoms with van der Waals surface area (Å²) in [7, 11) is 4.65. The molecule has 0 aliphatic carbocycles. The monoisotopic (exact) mass is 466 g/mol. The topological polar surface area (TPSA) is 120 Å². The maximum absolute atomic E-state index is 12.4. The number of benzene rings is 2. The summed E-state index contributed by atoms with van der Waals surface area (Å²) in [6, 6.07) is 14.4. The third-order valence-corrected chi connectivity index (χ3v) is 5.30. The Kier molecular flexibility index (Phi) is 7.80. The van der Waals surface area contributed by atoms with Gasteiger partial charge >= 0.3 is 0 Å². The van der Waals surface area contributed by atoms with Crippen LogP contribution in [0.3, 0.4) is 0 Å². The fourth-order valence-corrected chi connectivity index (χ4v) is 3.29. The average molecular weight is 467 g/mol. The van der Waals surface area contributed by atoms with Crippen molar-refractivity contribution in [3.63, 3.8) is 0 Å². The molecule has 180 valence electrons. The number of anilines is 2. The van der Waals surface area contributed by atoms with Crippen molar-refractivity contribution in [2.75, 3.05) is 26.0 Å². The highest BCUT2D eigenvalue weighted by Gasteiger charge is 2.23. The summed E-state index contributed by atoms with van der Waals surface area (Å²) in [4.78, 5) is 18.3. The molecule has 3 rings (SSSR count). The summed E-state index contributed by atoms with van der Waals surface area (Å²) in [5, 5.41) is 34.8. The minimum Gasteiger partial charge on any atom is -0.505 e. The Labute approximate surface area is 198 Å². The fraction of sp³-hybridized carbons (Fsp3) is 0.280. The maximum atomic E-state index is 12.4. The van der Waals surface area contributed by atoms with Gasteiger partial charge in [0.15, 0.2) is 11.4 Å². The molecule has 0 fully saturated rings. The summed E-state index contributed by atoms with van der Waals surface area (Å²) < 4.78 is 6.95. The van der Waals surface area contributed by atoms with Gasteiger partial charge in [-0.3, -0.25) is 9.36 Å². The lowest BCUT2D eigenvalue weighted by atomic mass is 10.1. The molecule has 0 radical (unpaired) electrons. The van der Waals surface area contributed by atoms with Gasteiger partial charge in [0.1, 0.15) is 5.69 Å². The molecule has 0 unspecified atom stereocenters. The number of nitrogens with zero attached hydrogens (tertiary/aromatic N) is 3. The van der Waals surface area contributed by atoms with E-state index in [-0.39, 0.29) is 52.6 Å². The van der Waals surface area contributed by atoms with Crippen LogP contribution in [0.15, 0.2) is 53.5 Å². The molecule has 34 heavy (non-hydrogen) atoms. The zero-order chi connectivity index (χ0) is 24.8. The molecule has 0 saturated heterocycles. The van der Waals surface area contributed by atoms with Crippen molar-refractivity contribution in [2.45, 2.75) is 20.0 Å². The summed E-state index contributed by atoms with van der Waals surface area (Å²) in [6.45, 7) is 2.56. The number of carbonyl (C=O) groups is 1. The molecular weight excluding hydrogens is 436 g/mol. The maximum Gasteiger partial charge on any atom is 0.257 e. The van der Waals surface area contributed by atoms with Gasteiger partial charge in [-0.25, -0.2) is 4.99 Å². The number of aromatic hydroxyl groups is 3. The number of aromatic nitrogens is 1. The lowest BCUT2D eigenvalue weighted by Gasteiger charge is -2.15. The number of aliphatic imine (C=N–C) groups is 1. The van der Waals surface area contributed by atoms with Crippen LogP contribution in [0, 0.1) is 0 Å². The van der Waals surface area contributed by atoms with Gasteiger partial charge in [0.2, 0.25) is 11.8 Å². The molecule has 0 spiro atoms. The second-order valence-electron chi connectivity index (χ2n) is 7.97. The predicted molar refractivity (Wildman–Crippen MR) is 132 cm³/mol. The van der Waals surface area contributed by atoms with Crippen LogP contribution in [0.4, 0.5) is 17.1 Å². The van der Waals surface area contributed by atoms with E-state index in [1.165, 1.54) is 22.6 Å². The number of hydrogen-bond acceptors (Lipinski definition) is 7. The van der Waals surface area contributed by atoms with E-state index in [0.29, 0.717) is 18.7 Å². The van der Waals surface area contributed by atoms with Crippen LogP contribution in [0.1, 0.15) is 29.3 Å². The van der Waals surface area contributed by atoms with Gasteiger partial charge in [0, 0.05) is 26.9 Å². The van der Waals surface area contributed by atoms with E-state index < -0.39 is 0 Å². The number of nitrogens with one attached hydrogen (secondary N) is 1. The molecule has 0 bridgehead atoms. The molecule has 1 amide bonds. The van der Waals surface area contributed by atoms with E-state index >= 15 is 0 Å². The SMILES string of the molecule is CCC(COCc1ccccc1)=Nc1c(Nc2cccc(C(=O)N(C)C)c2O)c(O)n(C)c1O. The quantitative estimate of drug-likeness (QED) is 0.276. The lowest BCUT2D eigenvalue weighted by Crippen LogP contribution is -2.21. The first kappa shape index (κ1) is 24.7. The highest BCUT2D eigenvalue weighted by molar-refractivity contribution is 5.99. The molecule has 1 aromatic heterocycles. The highest BCUT2D eigenvalue weighted by atomic mass is 16.5. The third kappa shape index (κ3) is 5.32. The van der Waals surface area contributed by atoms with Gasteiger partial charge in [-0.15, -0.1) is 0 Å². The molecular formula is C25H30N4O5. The Morgan fingerprint density at radius 3 is 2.41 bits per heavy atom. The molecule has 9 heteroatoms. The molecule has 2 aromatic carbocycles. The van der Waals surface area contributed by atoms with Crippen molar-refractivity contribution in [1.82, 2.24) is 9.47 Å². The van der Waals surface area contributed by atoms with Crippen molar-refractivity contribution in [2.24, 2.45) is 12.0 Å². The highest BCUT2D eigenvalue weighted by Crippen LogP contribution is 2.47. The van der Waals surface area contributed by atoms with E-state index in [4.69, 9.17) is 4.74 Å². The lowest BCUT2D eigenvalue weighted by molar-refractivity contribution is 0.0824. The first-order valence-electron chi connectivity index (χ1n) is 10.8. The Hall–Kier alpha value is -3.98. The fourth-order valence-electron chi connectivity index (χ4n) is 3.29. The van der Waals surface area contributed by atoms with Crippen molar-refractivity contribution in [3.05, 3.63) is 59.7 Å². The molecule has 9 nitrogen and oxygen atoms in total. The van der Waals surface area contributed by atoms with E-state index in [9.17, 15) is 20.1 Å². The molecule has 0 saturated carbocycles. The van der Waals surface area contributed by atoms with E-state index in [2.05, 4.69) is 10.3 Å². The molecule has 4 N–H and O–H groups in total. The summed E-state index contributed by atoms with van der Waals surface area (Å²) in [5.74, 6) is -1.18. The summed E-state index contributed by atoms with van der Waals surface area (Å²) in [6.07, 6.45) is 0.557. The van der Waals surface area contributed by atoms with Crippen LogP contribution in [-0.4, -0.2) is 57.1 Å². The Morgan fingerprint density at radius 2 is 1.76 bits per heavy atom. The van der Waals surface area contributed by atoms with Crippen LogP contribution in [0.25, 0.3) is 0 Å². The van der Waals surface area contributed by atoms with Gasteiger partial charge in [-0.2, -0.15) is 0 Å². The summed E-state index contributed by atoms with van der Waals surface area (Å²) in [5.41, 5.74) is 2.16. The molecule has 0 aliphatic heterocycles. The van der Waals surface area contributed by atoms with Crippen molar-refractivity contribution in [1.29, 1.82) is 0 Å². The number of hydrogen-bond donors (Lipinski definition) is 4. The number of phenolic OH excluding ortho intramolecular Hbond substituents is 1. The second kappa shape index (κ2) is 10.8. The minimum atomic E-state index is -0.372. The van der Waals surface area contributed by atoms with Gasteiger partial charge < -0.3 is 30.3 Å². The number of rotatable bonds is 9. The van der Waals surface area contributed by atoms with Crippen LogP contribution >= 0.6 is 0 Å². The van der Waals surface area contributed by atoms with Crippen LogP contribution in [0.5, 0.6) is 17.5 Å². The van der Waals surface area contributed by atoms with E-state index in [1.807, 2.05) is 37.3 Å². The van der Waals surface area contributed by atoms with E-state index in [1.54, 1.807) is 26.2 Å². The Morgan fingerprint density at radius 1 is 1.06 bits per heavy atom. The predicted octanol–water partition coefficient (Wildman–Crippen LogP) is 4.29. The molecule has 3 aromatic rings. The number of phenols is 1. The normalized spacial score (nSPS) is 11.5. The van der Waals surface area contributed by atoms with Crippen molar-refractivity contribution in [3.8, 4) is 17.5 Å². The van der Waals surface area contributed by atoms with Crippen molar-refractivity contribution < 1.29 is 24.9 Å². The van der Waals surface area contributed by atoms with Crippen LogP contribution in [0.2, 0.25) is 0 Å². The summed E-state index contributed by atoms with van der Waals surface area (Å²) >= 11 is 0. The molecule has 1 heterocycles. The second-order valence-corrected chi connectivity index (χ2v) is 7.97. The zero-order valence-corrected chi connectivity index (χ0v) is 19.7. The Balaban J connectivity index is 1.90. The molecule has 0 atom stereocenters. The average Bonchev–Trinajstić information content (AvgIpc) is 3.03. The van der Waals surface area contributed by atoms with Crippen molar-refractivity contribution >= 4 is 28.7 Å². The number of amides is 1. The smallest absolute Gasteiger partial charge is 0.257 e. The van der Waals surface area contributed by atoms with Crippen LogP contribution < -0.4 is 5.32 Å². The van der Waals surface area contributed by atoms with E-state index in [0.717, 1.165) is 5.56 Å². The standard InChI is InChI=1S/C25H30N4O5/c1-5-17(15-34-14-16-10-7-6-8-11-16)26-20-21(25(33)29(4)24(20)32)27-19-13-9-12-18(22(19)30)23(31)28(2)3/h6-13,27,30,32-33H,5,14-15H2,1-4H3. The van der Waals surface area contributed by atoms with Gasteiger partial charge in [-0.05, 0) is 24.1 Å². The van der Waals surface area contributed by atoms with Gasteiger partial charge in [0.25, 0.3) is 5.91 Å². The Bertz CT molecular complexity index is 1190. The first-order chi connectivity index (χ1) is 16.2. The van der Waals surface area contributed by atoms with Crippen LogP contribution in [-0.2, 0) is 18.4 Å². The molecule has 0 aliphatic rings. The number of para-hydroxylation sites is 1. The first-order valence-corrected chi connectivity index (χ1v) is 10.8. The largest absolute Gasteiger partial charge is 0.505 e. The number of ether oxygens (including phenoxy) is 1. The van der Waals surface area contributed by atoms with Gasteiger partial charge in [0.05, 0.1) is 24.5 Å². The third-order valence-electron chi connectivity index (χ3n) is 5.30.